The quantitative estimate of drug-likeness (QED) is 0.409. The second kappa shape index (κ2) is 9.35. The number of nitrogens with one attached hydrogen (secondary N) is 1. The normalized spacial score (nSPS) is 18.1. The highest BCUT2D eigenvalue weighted by molar-refractivity contribution is 6.46. The molecule has 6 nitrogen and oxygen atoms in total. The zero-order valence-electron chi connectivity index (χ0n) is 18.8. The van der Waals surface area contributed by atoms with Crippen molar-refractivity contribution in [3.05, 3.63) is 70.3 Å². The van der Waals surface area contributed by atoms with Crippen molar-refractivity contribution in [2.45, 2.75) is 26.3 Å². The summed E-state index contributed by atoms with van der Waals surface area (Å²) in [5.41, 5.74) is 3.07. The van der Waals surface area contributed by atoms with E-state index >= 15 is 0 Å². The van der Waals surface area contributed by atoms with Gasteiger partial charge in [-0.1, -0.05) is 43.0 Å². The second-order valence-electron chi connectivity index (χ2n) is 8.21. The molecule has 2 aromatic rings. The van der Waals surface area contributed by atoms with Gasteiger partial charge in [0.1, 0.15) is 5.75 Å². The highest BCUT2D eigenvalue weighted by Crippen LogP contribution is 2.39. The molecule has 0 radical (unpaired) electrons. The van der Waals surface area contributed by atoms with Crippen LogP contribution in [0.1, 0.15) is 35.2 Å². The van der Waals surface area contributed by atoms with Crippen molar-refractivity contribution in [1.29, 1.82) is 0 Å². The fourth-order valence-corrected chi connectivity index (χ4v) is 3.89. The number of quaternary nitrogens is 1. The zero-order valence-corrected chi connectivity index (χ0v) is 18.8. The van der Waals surface area contributed by atoms with Gasteiger partial charge in [-0.25, -0.2) is 0 Å². The van der Waals surface area contributed by atoms with E-state index in [-0.39, 0.29) is 5.57 Å². The molecule has 2 aromatic carbocycles. The number of amides is 1. The van der Waals surface area contributed by atoms with Gasteiger partial charge in [-0.05, 0) is 47.7 Å². The van der Waals surface area contributed by atoms with Crippen LogP contribution in [0.5, 0.6) is 5.75 Å². The molecule has 164 valence electrons. The number of likely N-dealkylation sites (tertiary alicyclic amines) is 1. The fourth-order valence-electron chi connectivity index (χ4n) is 3.89. The van der Waals surface area contributed by atoms with E-state index in [1.807, 2.05) is 38.4 Å². The summed E-state index contributed by atoms with van der Waals surface area (Å²) in [6.07, 6.45) is 0.886. The molecule has 0 bridgehead atoms. The van der Waals surface area contributed by atoms with Crippen molar-refractivity contribution in [3.63, 3.8) is 0 Å². The Labute approximate surface area is 183 Å². The maximum atomic E-state index is 13.5. The third kappa shape index (κ3) is 4.49. The lowest BCUT2D eigenvalue weighted by molar-refractivity contribution is -0.857. The molecule has 31 heavy (non-hydrogen) atoms. The largest absolute Gasteiger partial charge is 0.872 e. The van der Waals surface area contributed by atoms with Crippen LogP contribution in [0.25, 0.3) is 5.76 Å². The maximum absolute atomic E-state index is 13.5. The monoisotopic (exact) mass is 422 g/mol. The van der Waals surface area contributed by atoms with Crippen molar-refractivity contribution < 1.29 is 24.3 Å². The number of nitrogens with zero attached hydrogens (tertiary/aromatic N) is 1. The van der Waals surface area contributed by atoms with Crippen molar-refractivity contribution in [2.75, 3.05) is 34.3 Å². The maximum Gasteiger partial charge on any atom is 0.295 e. The average molecular weight is 423 g/mol. The Morgan fingerprint density at radius 1 is 1.13 bits per heavy atom. The van der Waals surface area contributed by atoms with Crippen LogP contribution in [0.4, 0.5) is 0 Å². The number of methoxy groups -OCH3 is 1. The van der Waals surface area contributed by atoms with E-state index in [4.69, 9.17) is 4.74 Å². The summed E-state index contributed by atoms with van der Waals surface area (Å²) in [5.74, 6) is -1.09. The summed E-state index contributed by atoms with van der Waals surface area (Å²) >= 11 is 0. The van der Waals surface area contributed by atoms with Crippen molar-refractivity contribution in [1.82, 2.24) is 4.90 Å². The molecule has 1 fully saturated rings. The lowest BCUT2D eigenvalue weighted by Crippen LogP contribution is -3.06. The first-order valence-electron chi connectivity index (χ1n) is 10.6. The summed E-state index contributed by atoms with van der Waals surface area (Å²) in [6, 6.07) is 12.2. The van der Waals surface area contributed by atoms with Gasteiger partial charge in [0, 0.05) is 5.57 Å². The summed E-state index contributed by atoms with van der Waals surface area (Å²) < 4.78 is 5.23. The van der Waals surface area contributed by atoms with E-state index in [0.717, 1.165) is 22.4 Å². The number of rotatable bonds is 7. The SMILES string of the molecule is CCc1ccc(C2C(=C([O-])c3ccc(OC)cc3C)C(=O)C(=O)N2CC[NH+](C)C)cc1. The average Bonchev–Trinajstić information content (AvgIpc) is 3.01. The number of ketones is 1. The first-order valence-corrected chi connectivity index (χ1v) is 10.6. The molecular weight excluding hydrogens is 392 g/mol. The highest BCUT2D eigenvalue weighted by atomic mass is 16.5. The zero-order chi connectivity index (χ0) is 22.7. The Morgan fingerprint density at radius 3 is 2.35 bits per heavy atom. The number of likely N-dealkylation sites (N-methyl/N-ethyl adjacent to an activating group) is 1. The van der Waals surface area contributed by atoms with Crippen molar-refractivity contribution >= 4 is 17.4 Å². The first-order chi connectivity index (χ1) is 14.8. The van der Waals surface area contributed by atoms with Gasteiger partial charge in [0.25, 0.3) is 5.91 Å². The Hall–Kier alpha value is -3.12. The summed E-state index contributed by atoms with van der Waals surface area (Å²) in [5, 5.41) is 13.5. The molecule has 1 aliphatic heterocycles. The van der Waals surface area contributed by atoms with Crippen LogP contribution in [-0.4, -0.2) is 50.9 Å². The lowest BCUT2D eigenvalue weighted by Gasteiger charge is -2.28. The molecular formula is C25H30N2O4. The number of Topliss-reactive ketones (excluding diaryl/α,β-unsaturated/α-hetero) is 1. The number of hydrogen-bond acceptors (Lipinski definition) is 4. The van der Waals surface area contributed by atoms with E-state index in [1.165, 1.54) is 0 Å². The molecule has 6 heteroatoms. The van der Waals surface area contributed by atoms with Gasteiger partial charge in [0.05, 0.1) is 40.3 Å². The molecule has 1 heterocycles. The van der Waals surface area contributed by atoms with Crippen LogP contribution in [0.3, 0.4) is 0 Å². The predicted molar refractivity (Wildman–Crippen MR) is 118 cm³/mol. The van der Waals surface area contributed by atoms with Gasteiger partial charge in [-0.3, -0.25) is 9.59 Å². The molecule has 1 amide bonds. The number of aryl methyl sites for hydroxylation is 2. The predicted octanol–water partition coefficient (Wildman–Crippen LogP) is 0.935. The van der Waals surface area contributed by atoms with E-state index in [0.29, 0.717) is 30.0 Å². The van der Waals surface area contributed by atoms with Gasteiger partial charge < -0.3 is 19.6 Å². The van der Waals surface area contributed by atoms with Gasteiger partial charge in [-0.2, -0.15) is 0 Å². The third-order valence-electron chi connectivity index (χ3n) is 5.76. The fraction of sp³-hybridized carbons (Fsp3) is 0.360. The topological polar surface area (TPSA) is 74.1 Å². The number of carbonyl (C=O) groups is 2. The van der Waals surface area contributed by atoms with Crippen LogP contribution in [0.15, 0.2) is 48.0 Å². The number of hydrogen-bond donors (Lipinski definition) is 1. The first kappa shape index (κ1) is 22.6. The standard InChI is InChI=1S/C25H30N2O4/c1-6-17-7-9-18(10-8-17)22-21(24(29)25(30)27(22)14-13-26(3)4)23(28)20-12-11-19(31-5)15-16(20)2/h7-12,15,22,28H,6,13-14H2,1-5H3. The number of ether oxygens (including phenoxy) is 1. The molecule has 1 aliphatic rings. The van der Waals surface area contributed by atoms with E-state index in [2.05, 4.69) is 6.92 Å². The van der Waals surface area contributed by atoms with Gasteiger partial charge in [0.2, 0.25) is 5.78 Å². The van der Waals surface area contributed by atoms with Crippen molar-refractivity contribution in [2.24, 2.45) is 0 Å². The Balaban J connectivity index is 2.15. The molecule has 0 aromatic heterocycles. The minimum atomic E-state index is -0.710. The summed E-state index contributed by atoms with van der Waals surface area (Å²) in [7, 11) is 5.54. The van der Waals surface area contributed by atoms with Crippen LogP contribution in [0.2, 0.25) is 0 Å². The Morgan fingerprint density at radius 2 is 1.81 bits per heavy atom. The smallest absolute Gasteiger partial charge is 0.295 e. The van der Waals surface area contributed by atoms with Gasteiger partial charge >= 0.3 is 0 Å². The molecule has 1 atom stereocenters. The molecule has 0 saturated carbocycles. The second-order valence-corrected chi connectivity index (χ2v) is 8.21. The van der Waals surface area contributed by atoms with E-state index < -0.39 is 23.5 Å². The number of carbonyl (C=O) groups excluding carboxylic acids is 2. The third-order valence-corrected chi connectivity index (χ3v) is 5.76. The van der Waals surface area contributed by atoms with Crippen LogP contribution >= 0.6 is 0 Å². The summed E-state index contributed by atoms with van der Waals surface area (Å²) in [6.45, 7) is 4.93. The molecule has 3 rings (SSSR count). The Bertz CT molecular complexity index is 1010. The Kier molecular flexibility index (Phi) is 6.81. The van der Waals surface area contributed by atoms with Crippen LogP contribution in [-0.2, 0) is 16.0 Å². The minimum Gasteiger partial charge on any atom is -0.872 e. The summed E-state index contributed by atoms with van der Waals surface area (Å²) in [4.78, 5) is 28.7. The molecule has 0 aliphatic carbocycles. The highest BCUT2D eigenvalue weighted by Gasteiger charge is 2.44. The molecule has 1 N–H and O–H groups in total. The molecule has 1 unspecified atom stereocenters. The van der Waals surface area contributed by atoms with Crippen molar-refractivity contribution in [3.8, 4) is 5.75 Å². The minimum absolute atomic E-state index is 0.0243. The molecule has 0 spiro atoms. The van der Waals surface area contributed by atoms with E-state index in [1.54, 1.807) is 37.1 Å². The molecule has 1 saturated heterocycles. The van der Waals surface area contributed by atoms with E-state index in [9.17, 15) is 14.7 Å². The van der Waals surface area contributed by atoms with Crippen LogP contribution in [0, 0.1) is 6.92 Å². The van der Waals surface area contributed by atoms with Crippen LogP contribution < -0.4 is 14.7 Å². The van der Waals surface area contributed by atoms with Gasteiger partial charge in [-0.15, -0.1) is 0 Å². The lowest BCUT2D eigenvalue weighted by atomic mass is 9.93. The van der Waals surface area contributed by atoms with Gasteiger partial charge in [0.15, 0.2) is 0 Å². The number of benzene rings is 2.